The van der Waals surface area contributed by atoms with E-state index in [1.54, 1.807) is 0 Å². The maximum absolute atomic E-state index is 10.8. The Morgan fingerprint density at radius 1 is 1.53 bits per heavy atom. The molecule has 3 rings (SSSR count). The molecule has 0 amide bonds. The molecule has 0 radical (unpaired) electrons. The second-order valence-electron chi connectivity index (χ2n) is 3.99. The lowest BCUT2D eigenvalue weighted by molar-refractivity contribution is 0.0650. The van der Waals surface area contributed by atoms with Crippen molar-refractivity contribution in [2.45, 2.75) is 18.9 Å². The third kappa shape index (κ3) is 1.35. The molecule has 80 valence electrons. The molecule has 0 aromatic carbocycles. The molecule has 15 heavy (non-hydrogen) atoms. The van der Waals surface area contributed by atoms with Crippen LogP contribution in [0.4, 0.5) is 5.69 Å². The molecule has 2 aliphatic rings. The number of hydrogen-bond donors (Lipinski definition) is 2. The molecule has 1 atom stereocenters. The summed E-state index contributed by atoms with van der Waals surface area (Å²) in [5, 5.41) is 12.0. The molecule has 1 aromatic rings. The lowest BCUT2D eigenvalue weighted by Gasteiger charge is -2.24. The van der Waals surface area contributed by atoms with Crippen molar-refractivity contribution in [3.05, 3.63) is 12.0 Å². The first-order chi connectivity index (χ1) is 7.25. The minimum atomic E-state index is -1.09. The van der Waals surface area contributed by atoms with E-state index in [1.807, 2.05) is 0 Å². The summed E-state index contributed by atoms with van der Waals surface area (Å²) in [7, 11) is 0. The van der Waals surface area contributed by atoms with Crippen LogP contribution in [0.1, 0.15) is 23.4 Å². The first-order valence-electron chi connectivity index (χ1n) is 5.01. The Balaban J connectivity index is 1.91. The van der Waals surface area contributed by atoms with Crippen LogP contribution in [0, 0.1) is 5.92 Å². The van der Waals surface area contributed by atoms with Gasteiger partial charge < -0.3 is 19.6 Å². The van der Waals surface area contributed by atoms with E-state index < -0.39 is 5.97 Å². The van der Waals surface area contributed by atoms with Gasteiger partial charge in [-0.05, 0) is 18.8 Å². The standard InChI is InChI=1S/C10H11NO4/c12-10(13)9-8-6(4-14-9)11-3-7(15-8)5-1-2-5/h4-5,7,11H,1-3H2,(H,12,13). The second-order valence-corrected chi connectivity index (χ2v) is 3.99. The number of carbonyl (C=O) groups is 1. The summed E-state index contributed by atoms with van der Waals surface area (Å²) in [6, 6.07) is 0. The van der Waals surface area contributed by atoms with Crippen molar-refractivity contribution in [2.75, 3.05) is 11.9 Å². The predicted molar refractivity (Wildman–Crippen MR) is 51.3 cm³/mol. The molecule has 1 unspecified atom stereocenters. The Morgan fingerprint density at radius 3 is 3.00 bits per heavy atom. The molecule has 2 N–H and O–H groups in total. The minimum absolute atomic E-state index is 0.0909. The van der Waals surface area contributed by atoms with Gasteiger partial charge in [-0.15, -0.1) is 0 Å². The van der Waals surface area contributed by atoms with E-state index in [1.165, 1.54) is 19.1 Å². The smallest absolute Gasteiger partial charge is 0.375 e. The molecular weight excluding hydrogens is 198 g/mol. The SMILES string of the molecule is O=C(O)c1occ2c1OC(C1CC1)CN2. The van der Waals surface area contributed by atoms with Gasteiger partial charge in [0.15, 0.2) is 5.75 Å². The zero-order valence-electron chi connectivity index (χ0n) is 8.03. The van der Waals surface area contributed by atoms with Crippen LogP contribution in [0.25, 0.3) is 0 Å². The normalized spacial score (nSPS) is 23.9. The average molecular weight is 209 g/mol. The molecule has 1 aliphatic heterocycles. The Kier molecular flexibility index (Phi) is 1.68. The maximum Gasteiger partial charge on any atom is 0.375 e. The summed E-state index contributed by atoms with van der Waals surface area (Å²) in [5.74, 6) is -0.273. The van der Waals surface area contributed by atoms with Crippen LogP contribution in [-0.2, 0) is 0 Å². The highest BCUT2D eigenvalue weighted by atomic mass is 16.5. The Hall–Kier alpha value is -1.65. The van der Waals surface area contributed by atoms with Gasteiger partial charge in [0, 0.05) is 0 Å². The van der Waals surface area contributed by atoms with Gasteiger partial charge in [0.2, 0.25) is 0 Å². The highest BCUT2D eigenvalue weighted by molar-refractivity contribution is 5.90. The lowest BCUT2D eigenvalue weighted by Crippen LogP contribution is -2.32. The zero-order chi connectivity index (χ0) is 10.4. The fourth-order valence-electron chi connectivity index (χ4n) is 1.87. The molecule has 1 fully saturated rings. The highest BCUT2D eigenvalue weighted by Crippen LogP contribution is 2.41. The number of aromatic carboxylic acids is 1. The molecule has 1 saturated carbocycles. The number of fused-ring (bicyclic) bond motifs is 1. The van der Waals surface area contributed by atoms with Gasteiger partial charge >= 0.3 is 5.97 Å². The van der Waals surface area contributed by atoms with Crippen LogP contribution < -0.4 is 10.1 Å². The second kappa shape index (κ2) is 2.92. The molecule has 1 aliphatic carbocycles. The molecule has 1 aromatic heterocycles. The van der Waals surface area contributed by atoms with Crippen LogP contribution >= 0.6 is 0 Å². The number of carboxylic acid groups (broad SMARTS) is 1. The average Bonchev–Trinajstić information content (AvgIpc) is 2.97. The summed E-state index contributed by atoms with van der Waals surface area (Å²) in [6.45, 7) is 0.732. The topological polar surface area (TPSA) is 71.7 Å². The largest absolute Gasteiger partial charge is 0.482 e. The minimum Gasteiger partial charge on any atom is -0.482 e. The molecule has 5 heteroatoms. The summed E-state index contributed by atoms with van der Waals surface area (Å²) >= 11 is 0. The van der Waals surface area contributed by atoms with Crippen LogP contribution in [0.15, 0.2) is 10.7 Å². The number of ether oxygens (including phenoxy) is 1. The van der Waals surface area contributed by atoms with Crippen molar-refractivity contribution in [3.63, 3.8) is 0 Å². The van der Waals surface area contributed by atoms with E-state index in [0.717, 1.165) is 6.54 Å². The summed E-state index contributed by atoms with van der Waals surface area (Å²) in [5.41, 5.74) is 0.643. The van der Waals surface area contributed by atoms with Crippen LogP contribution in [-0.4, -0.2) is 23.7 Å². The highest BCUT2D eigenvalue weighted by Gasteiger charge is 2.37. The maximum atomic E-state index is 10.8. The van der Waals surface area contributed by atoms with Crippen LogP contribution in [0.3, 0.4) is 0 Å². The van der Waals surface area contributed by atoms with Crippen molar-refractivity contribution >= 4 is 11.7 Å². The lowest BCUT2D eigenvalue weighted by atomic mass is 10.2. The van der Waals surface area contributed by atoms with E-state index in [0.29, 0.717) is 17.4 Å². The fourth-order valence-corrected chi connectivity index (χ4v) is 1.87. The predicted octanol–water partition coefficient (Wildman–Crippen LogP) is 1.56. The van der Waals surface area contributed by atoms with E-state index in [9.17, 15) is 4.79 Å². The molecule has 5 nitrogen and oxygen atoms in total. The van der Waals surface area contributed by atoms with Crippen molar-refractivity contribution in [1.82, 2.24) is 0 Å². The van der Waals surface area contributed by atoms with E-state index in [4.69, 9.17) is 14.3 Å². The van der Waals surface area contributed by atoms with Gasteiger partial charge in [0.25, 0.3) is 5.76 Å². The first-order valence-corrected chi connectivity index (χ1v) is 5.01. The molecule has 0 bridgehead atoms. The van der Waals surface area contributed by atoms with Crippen LogP contribution in [0.5, 0.6) is 5.75 Å². The van der Waals surface area contributed by atoms with Crippen molar-refractivity contribution < 1.29 is 19.1 Å². The Labute approximate surface area is 86.0 Å². The molecule has 2 heterocycles. The quantitative estimate of drug-likeness (QED) is 0.773. The fraction of sp³-hybridized carbons (Fsp3) is 0.500. The van der Waals surface area contributed by atoms with E-state index >= 15 is 0 Å². The number of hydrogen-bond acceptors (Lipinski definition) is 4. The monoisotopic (exact) mass is 209 g/mol. The van der Waals surface area contributed by atoms with Gasteiger partial charge in [0.1, 0.15) is 18.1 Å². The van der Waals surface area contributed by atoms with Gasteiger partial charge in [-0.2, -0.15) is 0 Å². The third-order valence-corrected chi connectivity index (χ3v) is 2.85. The van der Waals surface area contributed by atoms with Crippen molar-refractivity contribution in [3.8, 4) is 5.75 Å². The zero-order valence-corrected chi connectivity index (χ0v) is 8.03. The van der Waals surface area contributed by atoms with E-state index in [2.05, 4.69) is 5.32 Å². The number of furan rings is 1. The van der Waals surface area contributed by atoms with Crippen molar-refractivity contribution in [2.24, 2.45) is 5.92 Å². The molecular formula is C10H11NO4. The first kappa shape index (κ1) is 8.64. The summed E-state index contributed by atoms with van der Waals surface area (Å²) in [4.78, 5) is 10.8. The number of nitrogens with one attached hydrogen (secondary N) is 1. The number of anilines is 1. The molecule has 0 saturated heterocycles. The van der Waals surface area contributed by atoms with Gasteiger partial charge in [-0.3, -0.25) is 0 Å². The van der Waals surface area contributed by atoms with Gasteiger partial charge in [-0.1, -0.05) is 0 Å². The van der Waals surface area contributed by atoms with Gasteiger partial charge in [0.05, 0.1) is 6.54 Å². The summed E-state index contributed by atoms with van der Waals surface area (Å²) in [6.07, 6.45) is 3.82. The number of carboxylic acids is 1. The summed E-state index contributed by atoms with van der Waals surface area (Å²) < 4.78 is 10.6. The Morgan fingerprint density at radius 2 is 2.33 bits per heavy atom. The Bertz CT molecular complexity index is 408. The number of rotatable bonds is 2. The van der Waals surface area contributed by atoms with Crippen LogP contribution in [0.2, 0.25) is 0 Å². The van der Waals surface area contributed by atoms with E-state index in [-0.39, 0.29) is 11.9 Å². The molecule has 0 spiro atoms. The third-order valence-electron chi connectivity index (χ3n) is 2.85. The van der Waals surface area contributed by atoms with Gasteiger partial charge in [-0.25, -0.2) is 4.79 Å². The van der Waals surface area contributed by atoms with Crippen molar-refractivity contribution in [1.29, 1.82) is 0 Å².